The first-order chi connectivity index (χ1) is 16.2. The van der Waals surface area contributed by atoms with Crippen molar-refractivity contribution in [3.63, 3.8) is 0 Å². The first-order valence-corrected chi connectivity index (χ1v) is 12.9. The highest BCUT2D eigenvalue weighted by Gasteiger charge is 2.49. The molecule has 11 nitrogen and oxygen atoms in total. The van der Waals surface area contributed by atoms with Crippen molar-refractivity contribution in [2.75, 3.05) is 24.7 Å². The van der Waals surface area contributed by atoms with Gasteiger partial charge in [-0.1, -0.05) is 6.92 Å². The number of nitrogens with one attached hydrogen (secondary N) is 2. The van der Waals surface area contributed by atoms with E-state index in [-0.39, 0.29) is 30.7 Å². The zero-order valence-corrected chi connectivity index (χ0v) is 19.6. The van der Waals surface area contributed by atoms with Crippen molar-refractivity contribution < 1.29 is 21.9 Å². The van der Waals surface area contributed by atoms with Crippen LogP contribution in [-0.2, 0) is 10.0 Å². The number of aromatic nitrogens is 6. The van der Waals surface area contributed by atoms with Gasteiger partial charge in [-0.3, -0.25) is 5.10 Å². The molecule has 3 aromatic rings. The second-order valence-corrected chi connectivity index (χ2v) is 11.0. The number of anilines is 1. The summed E-state index contributed by atoms with van der Waals surface area (Å²) >= 11 is 0. The van der Waals surface area contributed by atoms with Gasteiger partial charge in [-0.15, -0.1) is 5.10 Å². The minimum absolute atomic E-state index is 0.0162. The van der Waals surface area contributed by atoms with Crippen LogP contribution in [0.1, 0.15) is 32.6 Å². The van der Waals surface area contributed by atoms with E-state index in [4.69, 9.17) is 4.74 Å². The van der Waals surface area contributed by atoms with Crippen LogP contribution < -0.4 is 10.1 Å². The molecule has 0 unspecified atom stereocenters. The van der Waals surface area contributed by atoms with Gasteiger partial charge in [0.05, 0.1) is 18.6 Å². The van der Waals surface area contributed by atoms with E-state index >= 15 is 0 Å². The summed E-state index contributed by atoms with van der Waals surface area (Å²) in [7, 11) is -3.25. The van der Waals surface area contributed by atoms with Crippen LogP contribution in [0.2, 0.25) is 0 Å². The van der Waals surface area contributed by atoms with Crippen molar-refractivity contribution >= 4 is 21.6 Å². The molecule has 1 aliphatic carbocycles. The van der Waals surface area contributed by atoms with E-state index in [0.29, 0.717) is 48.8 Å². The van der Waals surface area contributed by atoms with Crippen LogP contribution in [0.3, 0.4) is 0 Å². The molecule has 1 aliphatic heterocycles. The molecular weight excluding hydrogens is 470 g/mol. The minimum atomic E-state index is -3.25. The van der Waals surface area contributed by atoms with Gasteiger partial charge in [0.1, 0.15) is 5.69 Å². The number of halogens is 2. The standard InChI is InChI=1S/C20H26F2N8O3S/c1-12-11-29(34(2,31)32)7-4-14(12)26-19-27-15-10-23-16(13-8-24-25-9-13)17(30(15)28-19)33-20(18(21)22)5-3-6-20/h8-10,12,14,18H,3-7,11H2,1-2H3,(H,24,25)(H,26,28)/t12-,14+/m1/s1. The van der Waals surface area contributed by atoms with Crippen LogP contribution in [0.4, 0.5) is 14.7 Å². The van der Waals surface area contributed by atoms with Gasteiger partial charge < -0.3 is 10.1 Å². The Morgan fingerprint density at radius 2 is 2.12 bits per heavy atom. The third kappa shape index (κ3) is 4.08. The van der Waals surface area contributed by atoms with Crippen LogP contribution in [0.25, 0.3) is 16.9 Å². The molecule has 0 bridgehead atoms. The SMILES string of the molecule is C[C@@H]1CN(S(C)(=O)=O)CC[C@@H]1Nc1nc2cnc(-c3cn[nH]c3)c(OC3(C(F)F)CCC3)n2n1. The quantitative estimate of drug-likeness (QED) is 0.509. The van der Waals surface area contributed by atoms with Gasteiger partial charge in [0.15, 0.2) is 11.2 Å². The third-order valence-corrected chi connectivity index (χ3v) is 7.93. The van der Waals surface area contributed by atoms with E-state index in [0.717, 1.165) is 0 Å². The van der Waals surface area contributed by atoms with E-state index in [1.807, 2.05) is 6.92 Å². The van der Waals surface area contributed by atoms with E-state index < -0.39 is 22.0 Å². The molecule has 4 heterocycles. The fourth-order valence-electron chi connectivity index (χ4n) is 4.44. The molecule has 2 aliphatic rings. The molecule has 2 fully saturated rings. The lowest BCUT2D eigenvalue weighted by molar-refractivity contribution is -0.126. The molecule has 1 saturated carbocycles. The molecule has 2 N–H and O–H groups in total. The van der Waals surface area contributed by atoms with E-state index in [2.05, 4.69) is 30.6 Å². The summed E-state index contributed by atoms with van der Waals surface area (Å²) in [6.07, 6.45) is 4.90. The van der Waals surface area contributed by atoms with Crippen molar-refractivity contribution in [1.82, 2.24) is 34.1 Å². The summed E-state index contributed by atoms with van der Waals surface area (Å²) in [4.78, 5) is 8.88. The maximum Gasteiger partial charge on any atom is 0.277 e. The number of aromatic amines is 1. The van der Waals surface area contributed by atoms with Crippen LogP contribution in [0.5, 0.6) is 5.88 Å². The second-order valence-electron chi connectivity index (χ2n) is 9.06. The van der Waals surface area contributed by atoms with Crippen molar-refractivity contribution in [3.05, 3.63) is 18.6 Å². The Hall–Kier alpha value is -2.87. The Labute approximate surface area is 195 Å². The van der Waals surface area contributed by atoms with Crippen molar-refractivity contribution in [1.29, 1.82) is 0 Å². The Balaban J connectivity index is 1.47. The largest absolute Gasteiger partial charge is 0.463 e. The first kappa shape index (κ1) is 22.9. The lowest BCUT2D eigenvalue weighted by Crippen LogP contribution is -2.50. The van der Waals surface area contributed by atoms with E-state index in [1.54, 1.807) is 6.20 Å². The van der Waals surface area contributed by atoms with E-state index in [9.17, 15) is 17.2 Å². The van der Waals surface area contributed by atoms with Gasteiger partial charge >= 0.3 is 0 Å². The van der Waals surface area contributed by atoms with Gasteiger partial charge in [-0.05, 0) is 31.6 Å². The zero-order chi connectivity index (χ0) is 24.1. The van der Waals surface area contributed by atoms with Crippen LogP contribution in [0.15, 0.2) is 18.6 Å². The number of ether oxygens (including phenoxy) is 1. The topological polar surface area (TPSA) is 130 Å². The maximum atomic E-state index is 13.9. The van der Waals surface area contributed by atoms with Crippen LogP contribution in [0, 0.1) is 5.92 Å². The Morgan fingerprint density at radius 1 is 1.32 bits per heavy atom. The molecule has 0 spiro atoms. The monoisotopic (exact) mass is 496 g/mol. The van der Waals surface area contributed by atoms with Crippen LogP contribution in [-0.4, -0.2) is 79.9 Å². The molecule has 0 aromatic carbocycles. The fourth-order valence-corrected chi connectivity index (χ4v) is 5.38. The number of fused-ring (bicyclic) bond motifs is 1. The van der Waals surface area contributed by atoms with Crippen molar-refractivity contribution in [2.45, 2.75) is 50.7 Å². The van der Waals surface area contributed by atoms with Crippen molar-refractivity contribution in [3.8, 4) is 17.1 Å². The van der Waals surface area contributed by atoms with Gasteiger partial charge in [0.25, 0.3) is 6.43 Å². The Morgan fingerprint density at radius 3 is 2.71 bits per heavy atom. The van der Waals surface area contributed by atoms with Gasteiger partial charge in [0.2, 0.25) is 21.9 Å². The molecular formula is C20H26F2N8O3S. The number of nitrogens with zero attached hydrogens (tertiary/aromatic N) is 6. The number of rotatable bonds is 7. The highest BCUT2D eigenvalue weighted by molar-refractivity contribution is 7.88. The predicted molar refractivity (Wildman–Crippen MR) is 119 cm³/mol. The molecule has 1 saturated heterocycles. The average molecular weight is 497 g/mol. The van der Waals surface area contributed by atoms with Gasteiger partial charge in [-0.25, -0.2) is 26.5 Å². The lowest BCUT2D eigenvalue weighted by Gasteiger charge is -2.40. The molecule has 14 heteroatoms. The number of hydrogen-bond donors (Lipinski definition) is 2. The summed E-state index contributed by atoms with van der Waals surface area (Å²) in [6.45, 7) is 2.74. The predicted octanol–water partition coefficient (Wildman–Crippen LogP) is 2.16. The number of alkyl halides is 2. The van der Waals surface area contributed by atoms with Crippen molar-refractivity contribution in [2.24, 2.45) is 5.92 Å². The highest BCUT2D eigenvalue weighted by Crippen LogP contribution is 2.43. The van der Waals surface area contributed by atoms with Crippen LogP contribution >= 0.6 is 0 Å². The lowest BCUT2D eigenvalue weighted by atomic mass is 9.80. The number of H-pyrrole nitrogens is 1. The maximum absolute atomic E-state index is 13.9. The van der Waals surface area contributed by atoms with Gasteiger partial charge in [-0.2, -0.15) is 14.6 Å². The molecule has 2 atom stereocenters. The second kappa shape index (κ2) is 8.41. The average Bonchev–Trinajstić information content (AvgIpc) is 3.40. The Kier molecular flexibility index (Phi) is 5.67. The summed E-state index contributed by atoms with van der Waals surface area (Å²) in [5.74, 6) is 0.391. The summed E-state index contributed by atoms with van der Waals surface area (Å²) in [5, 5.41) is 14.4. The summed E-state index contributed by atoms with van der Waals surface area (Å²) < 4.78 is 60.3. The number of hydrogen-bond acceptors (Lipinski definition) is 8. The zero-order valence-electron chi connectivity index (χ0n) is 18.8. The molecule has 5 rings (SSSR count). The summed E-state index contributed by atoms with van der Waals surface area (Å²) in [6, 6.07) is -0.0554. The molecule has 34 heavy (non-hydrogen) atoms. The molecule has 0 radical (unpaired) electrons. The fraction of sp³-hybridized carbons (Fsp3) is 0.600. The molecule has 3 aromatic heterocycles. The molecule has 184 valence electrons. The van der Waals surface area contributed by atoms with E-state index in [1.165, 1.54) is 27.5 Å². The molecule has 0 amide bonds. The number of piperidine rings is 1. The normalized spacial score (nSPS) is 23.2. The smallest absolute Gasteiger partial charge is 0.277 e. The van der Waals surface area contributed by atoms with Gasteiger partial charge in [0, 0.05) is 30.9 Å². The highest BCUT2D eigenvalue weighted by atomic mass is 32.2. The number of sulfonamides is 1. The first-order valence-electron chi connectivity index (χ1n) is 11.1. The minimum Gasteiger partial charge on any atom is -0.463 e. The Bertz CT molecular complexity index is 1280. The third-order valence-electron chi connectivity index (χ3n) is 6.66. The summed E-state index contributed by atoms with van der Waals surface area (Å²) in [5.41, 5.74) is -0.331.